The summed E-state index contributed by atoms with van der Waals surface area (Å²) in [5.41, 5.74) is 3.35. The summed E-state index contributed by atoms with van der Waals surface area (Å²) in [6.07, 6.45) is 0. The average Bonchev–Trinajstić information content (AvgIpc) is 2.53. The fourth-order valence-corrected chi connectivity index (χ4v) is 3.67. The quantitative estimate of drug-likeness (QED) is 0.901. The second kappa shape index (κ2) is 6.44. The Morgan fingerprint density at radius 2 is 1.95 bits per heavy atom. The normalized spacial score (nSPS) is 17.0. The van der Waals surface area contributed by atoms with Crippen molar-refractivity contribution in [3.05, 3.63) is 59.7 Å². The molecule has 0 radical (unpaired) electrons. The van der Waals surface area contributed by atoms with Gasteiger partial charge in [0.15, 0.2) is 0 Å². The number of rotatable bonds is 2. The second-order valence-corrected chi connectivity index (χ2v) is 7.13. The van der Waals surface area contributed by atoms with Crippen molar-refractivity contribution < 1.29 is 4.79 Å². The number of nitrogens with one attached hydrogen (secondary N) is 1. The lowest BCUT2D eigenvalue weighted by Crippen LogP contribution is -2.44. The molecular formula is C18H20N2OS. The number of amides is 2. The highest BCUT2D eigenvalue weighted by Crippen LogP contribution is 2.37. The molecule has 1 unspecified atom stereocenters. The zero-order valence-electron chi connectivity index (χ0n) is 12.9. The number of urea groups is 1. The highest BCUT2D eigenvalue weighted by Gasteiger charge is 2.26. The van der Waals surface area contributed by atoms with Gasteiger partial charge in [0.1, 0.15) is 0 Å². The summed E-state index contributed by atoms with van der Waals surface area (Å²) in [5.74, 6) is 0. The van der Waals surface area contributed by atoms with Gasteiger partial charge in [-0.05, 0) is 24.6 Å². The fraction of sp³-hybridized carbons (Fsp3) is 0.278. The van der Waals surface area contributed by atoms with Gasteiger partial charge < -0.3 is 5.32 Å². The highest BCUT2D eigenvalue weighted by atomic mass is 32.2. The maximum atomic E-state index is 12.6. The van der Waals surface area contributed by atoms with Crippen molar-refractivity contribution in [2.24, 2.45) is 0 Å². The SMILES string of the molecule is Cc1ccc(CNC(=O)N2CC(C)Sc3ccccc32)cc1. The monoisotopic (exact) mass is 312 g/mol. The van der Waals surface area contributed by atoms with Crippen molar-refractivity contribution in [3.8, 4) is 0 Å². The number of hydrogen-bond acceptors (Lipinski definition) is 2. The molecule has 2 aromatic carbocycles. The minimum atomic E-state index is -0.0276. The number of hydrogen-bond donors (Lipinski definition) is 1. The molecule has 2 amide bonds. The van der Waals surface area contributed by atoms with Crippen LogP contribution in [-0.4, -0.2) is 17.8 Å². The van der Waals surface area contributed by atoms with Crippen molar-refractivity contribution in [3.63, 3.8) is 0 Å². The number of thioether (sulfide) groups is 1. The maximum absolute atomic E-state index is 12.6. The molecule has 0 spiro atoms. The van der Waals surface area contributed by atoms with Crippen molar-refractivity contribution in [2.75, 3.05) is 11.4 Å². The van der Waals surface area contributed by atoms with Gasteiger partial charge in [-0.3, -0.25) is 4.90 Å². The summed E-state index contributed by atoms with van der Waals surface area (Å²) in [5, 5.41) is 3.43. The van der Waals surface area contributed by atoms with Gasteiger partial charge in [-0.15, -0.1) is 11.8 Å². The van der Waals surface area contributed by atoms with Crippen LogP contribution in [0.15, 0.2) is 53.4 Å². The van der Waals surface area contributed by atoms with E-state index in [9.17, 15) is 4.79 Å². The zero-order valence-corrected chi connectivity index (χ0v) is 13.7. The van der Waals surface area contributed by atoms with Gasteiger partial charge in [0.05, 0.1) is 5.69 Å². The fourth-order valence-electron chi connectivity index (χ4n) is 2.56. The summed E-state index contributed by atoms with van der Waals surface area (Å²) < 4.78 is 0. The van der Waals surface area contributed by atoms with Crippen molar-refractivity contribution >= 4 is 23.5 Å². The van der Waals surface area contributed by atoms with Crippen LogP contribution in [0, 0.1) is 6.92 Å². The van der Waals surface area contributed by atoms with Crippen LogP contribution in [0.25, 0.3) is 0 Å². The van der Waals surface area contributed by atoms with E-state index in [1.165, 1.54) is 10.5 Å². The van der Waals surface area contributed by atoms with Crippen LogP contribution >= 0.6 is 11.8 Å². The highest BCUT2D eigenvalue weighted by molar-refractivity contribution is 8.00. The predicted octanol–water partition coefficient (Wildman–Crippen LogP) is 4.21. The van der Waals surface area contributed by atoms with Gasteiger partial charge in [-0.1, -0.05) is 48.9 Å². The molecule has 1 heterocycles. The first-order chi connectivity index (χ1) is 10.6. The van der Waals surface area contributed by atoms with E-state index in [1.807, 2.05) is 34.9 Å². The summed E-state index contributed by atoms with van der Waals surface area (Å²) in [7, 11) is 0. The molecule has 1 aliphatic heterocycles. The lowest BCUT2D eigenvalue weighted by Gasteiger charge is -2.32. The molecule has 0 bridgehead atoms. The van der Waals surface area contributed by atoms with Crippen LogP contribution in [0.4, 0.5) is 10.5 Å². The van der Waals surface area contributed by atoms with Crippen molar-refractivity contribution in [1.29, 1.82) is 0 Å². The Hall–Kier alpha value is -1.94. The van der Waals surface area contributed by atoms with Gasteiger partial charge >= 0.3 is 6.03 Å². The Labute approximate surface area is 135 Å². The number of carbonyl (C=O) groups excluding carboxylic acids is 1. The summed E-state index contributed by atoms with van der Waals surface area (Å²) in [4.78, 5) is 15.6. The molecule has 2 aromatic rings. The summed E-state index contributed by atoms with van der Waals surface area (Å²) in [6, 6.07) is 16.3. The van der Waals surface area contributed by atoms with E-state index in [0.29, 0.717) is 11.8 Å². The van der Waals surface area contributed by atoms with E-state index < -0.39 is 0 Å². The van der Waals surface area contributed by atoms with Gasteiger partial charge in [-0.2, -0.15) is 0 Å². The Balaban J connectivity index is 1.71. The summed E-state index contributed by atoms with van der Waals surface area (Å²) >= 11 is 1.83. The number of carbonyl (C=O) groups is 1. The van der Waals surface area contributed by atoms with Gasteiger partial charge in [0, 0.05) is 23.2 Å². The minimum absolute atomic E-state index is 0.0276. The predicted molar refractivity (Wildman–Crippen MR) is 92.5 cm³/mol. The maximum Gasteiger partial charge on any atom is 0.322 e. The van der Waals surface area contributed by atoms with Gasteiger partial charge in [-0.25, -0.2) is 4.79 Å². The number of anilines is 1. The number of fused-ring (bicyclic) bond motifs is 1. The first kappa shape index (κ1) is 15.0. The molecule has 0 fully saturated rings. The van der Waals surface area contributed by atoms with Crippen LogP contribution in [-0.2, 0) is 6.54 Å². The molecule has 0 saturated heterocycles. The first-order valence-electron chi connectivity index (χ1n) is 7.50. The lowest BCUT2D eigenvalue weighted by atomic mass is 10.1. The Morgan fingerprint density at radius 1 is 1.23 bits per heavy atom. The van der Waals surface area contributed by atoms with E-state index in [-0.39, 0.29) is 6.03 Å². The van der Waals surface area contributed by atoms with E-state index in [2.05, 4.69) is 49.5 Å². The largest absolute Gasteiger partial charge is 0.334 e. The molecule has 1 atom stereocenters. The Kier molecular flexibility index (Phi) is 4.39. The van der Waals surface area contributed by atoms with Crippen molar-refractivity contribution in [1.82, 2.24) is 5.32 Å². The second-order valence-electron chi connectivity index (χ2n) is 5.65. The van der Waals surface area contributed by atoms with E-state index in [0.717, 1.165) is 17.8 Å². The molecule has 1 N–H and O–H groups in total. The van der Waals surface area contributed by atoms with Crippen LogP contribution in [0.2, 0.25) is 0 Å². The van der Waals surface area contributed by atoms with Gasteiger partial charge in [0.25, 0.3) is 0 Å². The number of aryl methyl sites for hydroxylation is 1. The number of para-hydroxylation sites is 1. The van der Waals surface area contributed by atoms with Crippen LogP contribution < -0.4 is 10.2 Å². The topological polar surface area (TPSA) is 32.3 Å². The smallest absolute Gasteiger partial charge is 0.322 e. The average molecular weight is 312 g/mol. The van der Waals surface area contributed by atoms with Crippen LogP contribution in [0.1, 0.15) is 18.1 Å². The van der Waals surface area contributed by atoms with E-state index >= 15 is 0 Å². The molecular weight excluding hydrogens is 292 g/mol. The zero-order chi connectivity index (χ0) is 15.5. The van der Waals surface area contributed by atoms with Crippen LogP contribution in [0.3, 0.4) is 0 Å². The third-order valence-electron chi connectivity index (χ3n) is 3.73. The molecule has 0 saturated carbocycles. The summed E-state index contributed by atoms with van der Waals surface area (Å²) in [6.45, 7) is 5.51. The Bertz CT molecular complexity index is 669. The molecule has 22 heavy (non-hydrogen) atoms. The number of benzene rings is 2. The van der Waals surface area contributed by atoms with Gasteiger partial charge in [0.2, 0.25) is 0 Å². The van der Waals surface area contributed by atoms with E-state index in [1.54, 1.807) is 0 Å². The number of nitrogens with zero attached hydrogens (tertiary/aromatic N) is 1. The van der Waals surface area contributed by atoms with Crippen LogP contribution in [0.5, 0.6) is 0 Å². The Morgan fingerprint density at radius 3 is 2.73 bits per heavy atom. The molecule has 114 valence electrons. The van der Waals surface area contributed by atoms with E-state index in [4.69, 9.17) is 0 Å². The molecule has 0 aromatic heterocycles. The molecule has 4 heteroatoms. The lowest BCUT2D eigenvalue weighted by molar-refractivity contribution is 0.245. The molecule has 0 aliphatic carbocycles. The standard InChI is InChI=1S/C18H20N2OS/c1-13-7-9-15(10-8-13)11-19-18(21)20-12-14(2)22-17-6-4-3-5-16(17)20/h3-10,14H,11-12H2,1-2H3,(H,19,21). The minimum Gasteiger partial charge on any atom is -0.334 e. The molecule has 3 nitrogen and oxygen atoms in total. The molecule has 1 aliphatic rings. The molecule has 3 rings (SSSR count). The van der Waals surface area contributed by atoms with Crippen molar-refractivity contribution in [2.45, 2.75) is 30.5 Å². The first-order valence-corrected chi connectivity index (χ1v) is 8.38. The third kappa shape index (κ3) is 3.28. The third-order valence-corrected chi connectivity index (χ3v) is 4.88.